The molecule has 3 fully saturated rings. The van der Waals surface area contributed by atoms with E-state index < -0.39 is 6.04 Å². The molecule has 1 aromatic carbocycles. The Morgan fingerprint density at radius 3 is 2.45 bits per heavy atom. The van der Waals surface area contributed by atoms with Crippen molar-refractivity contribution in [1.29, 1.82) is 0 Å². The fourth-order valence-corrected chi connectivity index (χ4v) is 5.62. The van der Waals surface area contributed by atoms with Gasteiger partial charge >= 0.3 is 0 Å². The largest absolute Gasteiger partial charge is 0.371 e. The van der Waals surface area contributed by atoms with Crippen LogP contribution in [0.15, 0.2) is 18.2 Å². The summed E-state index contributed by atoms with van der Waals surface area (Å²) in [6.07, 6.45) is 7.16. The molecule has 0 aliphatic carbocycles. The van der Waals surface area contributed by atoms with E-state index in [1.165, 1.54) is 51.7 Å². The highest BCUT2D eigenvalue weighted by molar-refractivity contribution is 6.05. The minimum absolute atomic E-state index is 0.0914. The molecular weight excluding hydrogens is 392 g/mol. The van der Waals surface area contributed by atoms with E-state index in [1.54, 1.807) is 4.90 Å². The van der Waals surface area contributed by atoms with Gasteiger partial charge in [-0.05, 0) is 68.8 Å². The van der Waals surface area contributed by atoms with Crippen LogP contribution in [0.4, 0.5) is 5.69 Å². The number of hydrogen-bond donors (Lipinski definition) is 1. The van der Waals surface area contributed by atoms with Gasteiger partial charge in [-0.3, -0.25) is 19.7 Å². The summed E-state index contributed by atoms with van der Waals surface area (Å²) in [7, 11) is 0. The standard InChI is InChI=1S/C24H32N4O3/c29-22-7-6-21(23(30)25-22)28-16-18-4-5-19(14-20(18)24(28)31)27-12-8-17(9-13-27)15-26-10-2-1-3-11-26/h4-5,14,17,21H,1-3,6-13,15-16H2,(H,25,29,30). The van der Waals surface area contributed by atoms with Crippen molar-refractivity contribution in [3.8, 4) is 0 Å². The normalized spacial score (nSPS) is 25.7. The van der Waals surface area contributed by atoms with Crippen molar-refractivity contribution in [3.05, 3.63) is 29.3 Å². The second-order valence-corrected chi connectivity index (χ2v) is 9.53. The zero-order valence-electron chi connectivity index (χ0n) is 18.1. The zero-order chi connectivity index (χ0) is 21.4. The van der Waals surface area contributed by atoms with Crippen LogP contribution in [0.5, 0.6) is 0 Å². The maximum absolute atomic E-state index is 13.1. The number of nitrogens with zero attached hydrogens (tertiary/aromatic N) is 3. The first-order valence-corrected chi connectivity index (χ1v) is 11.8. The van der Waals surface area contributed by atoms with E-state index >= 15 is 0 Å². The minimum Gasteiger partial charge on any atom is -0.371 e. The molecule has 3 amide bonds. The molecule has 4 aliphatic rings. The molecular formula is C24H32N4O3. The van der Waals surface area contributed by atoms with Crippen molar-refractivity contribution in [3.63, 3.8) is 0 Å². The Balaban J connectivity index is 1.21. The summed E-state index contributed by atoms with van der Waals surface area (Å²) < 4.78 is 0. The summed E-state index contributed by atoms with van der Waals surface area (Å²) in [6.45, 7) is 6.26. The average Bonchev–Trinajstić information content (AvgIpc) is 3.11. The molecule has 5 rings (SSSR count). The molecule has 4 aliphatic heterocycles. The summed E-state index contributed by atoms with van der Waals surface area (Å²) >= 11 is 0. The van der Waals surface area contributed by atoms with Gasteiger partial charge in [-0.1, -0.05) is 12.5 Å². The number of anilines is 1. The SMILES string of the molecule is O=C1CCC(N2Cc3ccc(N4CCC(CN5CCCCC5)CC4)cc3C2=O)C(=O)N1. The quantitative estimate of drug-likeness (QED) is 0.750. The predicted molar refractivity (Wildman–Crippen MR) is 118 cm³/mol. The van der Waals surface area contributed by atoms with E-state index in [4.69, 9.17) is 0 Å². The Bertz CT molecular complexity index is 872. The molecule has 7 nitrogen and oxygen atoms in total. The highest BCUT2D eigenvalue weighted by atomic mass is 16.2. The first-order chi connectivity index (χ1) is 15.1. The Labute approximate surface area is 183 Å². The number of carbonyl (C=O) groups is 3. The summed E-state index contributed by atoms with van der Waals surface area (Å²) in [6, 6.07) is 5.61. The van der Waals surface area contributed by atoms with Crippen molar-refractivity contribution in [2.24, 2.45) is 5.92 Å². The van der Waals surface area contributed by atoms with Crippen LogP contribution in [-0.4, -0.2) is 66.3 Å². The molecule has 1 aromatic rings. The second kappa shape index (κ2) is 8.61. The van der Waals surface area contributed by atoms with Crippen molar-refractivity contribution < 1.29 is 14.4 Å². The van der Waals surface area contributed by atoms with E-state index in [0.717, 1.165) is 30.3 Å². The molecule has 4 heterocycles. The first kappa shape index (κ1) is 20.5. The highest BCUT2D eigenvalue weighted by Gasteiger charge is 2.39. The van der Waals surface area contributed by atoms with Crippen LogP contribution < -0.4 is 10.2 Å². The van der Waals surface area contributed by atoms with Crippen molar-refractivity contribution >= 4 is 23.4 Å². The molecule has 0 aromatic heterocycles. The molecule has 7 heteroatoms. The lowest BCUT2D eigenvalue weighted by Gasteiger charge is -2.37. The third kappa shape index (κ3) is 4.20. The predicted octanol–water partition coefficient (Wildman–Crippen LogP) is 2.15. The lowest BCUT2D eigenvalue weighted by Crippen LogP contribution is -2.52. The van der Waals surface area contributed by atoms with Gasteiger partial charge in [-0.15, -0.1) is 0 Å². The molecule has 0 radical (unpaired) electrons. The van der Waals surface area contributed by atoms with Crippen LogP contribution in [0.3, 0.4) is 0 Å². The number of imide groups is 1. The van der Waals surface area contributed by atoms with Gasteiger partial charge in [0.2, 0.25) is 11.8 Å². The molecule has 3 saturated heterocycles. The van der Waals surface area contributed by atoms with E-state index in [9.17, 15) is 14.4 Å². The third-order valence-electron chi connectivity index (χ3n) is 7.46. The average molecular weight is 425 g/mol. The monoisotopic (exact) mass is 424 g/mol. The molecule has 1 unspecified atom stereocenters. The van der Waals surface area contributed by atoms with Gasteiger partial charge in [0.15, 0.2) is 0 Å². The fraction of sp³-hybridized carbons (Fsp3) is 0.625. The summed E-state index contributed by atoms with van der Waals surface area (Å²) in [4.78, 5) is 43.4. The van der Waals surface area contributed by atoms with Crippen LogP contribution in [-0.2, 0) is 16.1 Å². The number of carbonyl (C=O) groups excluding carboxylic acids is 3. The zero-order valence-corrected chi connectivity index (χ0v) is 18.1. The van der Waals surface area contributed by atoms with Crippen LogP contribution in [0.25, 0.3) is 0 Å². The van der Waals surface area contributed by atoms with Crippen LogP contribution in [0.1, 0.15) is 60.9 Å². The number of rotatable bonds is 4. The Morgan fingerprint density at radius 1 is 0.935 bits per heavy atom. The van der Waals surface area contributed by atoms with Crippen LogP contribution >= 0.6 is 0 Å². The molecule has 0 saturated carbocycles. The van der Waals surface area contributed by atoms with Crippen LogP contribution in [0.2, 0.25) is 0 Å². The number of benzene rings is 1. The van der Waals surface area contributed by atoms with Gasteiger partial charge in [0.25, 0.3) is 5.91 Å². The third-order valence-corrected chi connectivity index (χ3v) is 7.46. The Kier molecular flexibility index (Phi) is 5.69. The van der Waals surface area contributed by atoms with E-state index in [2.05, 4.69) is 21.2 Å². The van der Waals surface area contributed by atoms with E-state index in [-0.39, 0.29) is 24.1 Å². The maximum Gasteiger partial charge on any atom is 0.255 e. The topological polar surface area (TPSA) is 73.0 Å². The van der Waals surface area contributed by atoms with E-state index in [1.807, 2.05) is 12.1 Å². The van der Waals surface area contributed by atoms with Crippen molar-refractivity contribution in [1.82, 2.24) is 15.1 Å². The fourth-order valence-electron chi connectivity index (χ4n) is 5.62. The summed E-state index contributed by atoms with van der Waals surface area (Å²) in [5.41, 5.74) is 2.78. The van der Waals surface area contributed by atoms with Gasteiger partial charge in [0.1, 0.15) is 6.04 Å². The Hall–Kier alpha value is -2.41. The number of piperidine rings is 3. The van der Waals surface area contributed by atoms with E-state index in [0.29, 0.717) is 18.5 Å². The van der Waals surface area contributed by atoms with Gasteiger partial charge in [-0.25, -0.2) is 0 Å². The number of amides is 3. The van der Waals surface area contributed by atoms with Gasteiger partial charge < -0.3 is 14.7 Å². The number of hydrogen-bond acceptors (Lipinski definition) is 5. The van der Waals surface area contributed by atoms with Crippen molar-refractivity contribution in [2.75, 3.05) is 37.6 Å². The second-order valence-electron chi connectivity index (χ2n) is 9.53. The van der Waals surface area contributed by atoms with Gasteiger partial charge in [0, 0.05) is 43.9 Å². The minimum atomic E-state index is -0.549. The van der Waals surface area contributed by atoms with Gasteiger partial charge in [-0.2, -0.15) is 0 Å². The molecule has 1 atom stereocenters. The summed E-state index contributed by atoms with van der Waals surface area (Å²) in [5.74, 6) is 0.0737. The maximum atomic E-state index is 13.1. The van der Waals surface area contributed by atoms with Crippen LogP contribution in [0, 0.1) is 5.92 Å². The smallest absolute Gasteiger partial charge is 0.255 e. The lowest BCUT2D eigenvalue weighted by molar-refractivity contribution is -0.136. The summed E-state index contributed by atoms with van der Waals surface area (Å²) in [5, 5.41) is 2.37. The molecule has 166 valence electrons. The number of nitrogens with one attached hydrogen (secondary N) is 1. The molecule has 0 bridgehead atoms. The molecule has 0 spiro atoms. The lowest BCUT2D eigenvalue weighted by atomic mass is 9.94. The van der Waals surface area contributed by atoms with Gasteiger partial charge in [0.05, 0.1) is 0 Å². The Morgan fingerprint density at radius 2 is 1.71 bits per heavy atom. The first-order valence-electron chi connectivity index (χ1n) is 11.8. The number of fused-ring (bicyclic) bond motifs is 1. The van der Waals surface area contributed by atoms with Crippen molar-refractivity contribution in [2.45, 2.75) is 57.5 Å². The molecule has 1 N–H and O–H groups in total. The molecule has 31 heavy (non-hydrogen) atoms. The number of likely N-dealkylation sites (tertiary alicyclic amines) is 1. The highest BCUT2D eigenvalue weighted by Crippen LogP contribution is 2.32.